The van der Waals surface area contributed by atoms with Crippen molar-refractivity contribution in [1.82, 2.24) is 30.5 Å². The van der Waals surface area contributed by atoms with E-state index in [1.807, 2.05) is 107 Å². The maximum absolute atomic E-state index is 15.2. The van der Waals surface area contributed by atoms with Crippen molar-refractivity contribution >= 4 is 84.1 Å². The number of carbonyl (C=O) groups is 5. The molecular formula is C63H69FN8O8S3. The third kappa shape index (κ3) is 15.0. The lowest BCUT2D eigenvalue weighted by Gasteiger charge is -2.35. The summed E-state index contributed by atoms with van der Waals surface area (Å²) in [6.45, 7) is 10.8. The van der Waals surface area contributed by atoms with Gasteiger partial charge in [0.2, 0.25) is 17.7 Å². The predicted molar refractivity (Wildman–Crippen MR) is 323 cm³/mol. The molecule has 2 aliphatic rings. The molecule has 0 aliphatic carbocycles. The number of aliphatic hydroxyl groups is 1. The fourth-order valence-electron chi connectivity index (χ4n) is 10.3. The molecule has 16 nitrogen and oxygen atoms in total. The van der Waals surface area contributed by atoms with Gasteiger partial charge in [-0.25, -0.2) is 24.1 Å². The largest absolute Gasteiger partial charge is 0.493 e. The number of nitrogens with one attached hydrogen (secondary N) is 3. The Hall–Kier alpha value is -7.57. The van der Waals surface area contributed by atoms with E-state index in [4.69, 9.17) is 14.5 Å². The van der Waals surface area contributed by atoms with Gasteiger partial charge in [-0.2, -0.15) is 0 Å². The smallest absolute Gasteiger partial charge is 0.357 e. The average molecular weight is 1180 g/mol. The van der Waals surface area contributed by atoms with Crippen LogP contribution in [0.2, 0.25) is 0 Å². The molecule has 2 aliphatic heterocycles. The number of benzene rings is 4. The first-order valence-electron chi connectivity index (χ1n) is 28.0. The number of aryl methyl sites for hydroxylation is 2. The highest BCUT2D eigenvalue weighted by molar-refractivity contribution is 7.22. The number of ether oxygens (including phenoxy) is 2. The normalized spacial score (nSPS) is 15.7. The average Bonchev–Trinajstić information content (AvgIpc) is 4.46. The Morgan fingerprint density at radius 2 is 1.72 bits per heavy atom. The standard InChI is InChI=1S/C63H69FN8O8S3/c1-38(40-24-26-43(27-25-40)55-39(2)65-37-81-55)66-58(76)50-33-44(73)35-72(50)59(77)56(63(3,4)5)68-53(74)23-12-10-8-7-9-11-17-42-28-29-45(34-48(42)64)80-32-16-22-52-54(60(78)79-6)69-62(83-52)71-31-30-41-18-15-19-46(47(41)36-71)57(75)70-61-67-49-20-13-14-21-51(49)82-61/h13-15,18-21,24-29,34,37-38,44,50,56,73H,7-10,12,16,22-23,30-33,35-36H2,1-6H3,(H,66,76)(H,68,74)(H,67,70,75)/t38-,44+,50-,56+/m0/s1. The number of likely N-dealkylation sites (tertiary alicyclic amines) is 1. The van der Waals surface area contributed by atoms with Gasteiger partial charge >= 0.3 is 5.97 Å². The van der Waals surface area contributed by atoms with Crippen LogP contribution >= 0.6 is 34.0 Å². The molecule has 0 bridgehead atoms. The van der Waals surface area contributed by atoms with Crippen LogP contribution in [0, 0.1) is 30.0 Å². The summed E-state index contributed by atoms with van der Waals surface area (Å²) in [7, 11) is 1.32. The van der Waals surface area contributed by atoms with E-state index in [9.17, 15) is 29.1 Å². The van der Waals surface area contributed by atoms with Gasteiger partial charge in [-0.3, -0.25) is 24.5 Å². The first-order valence-corrected chi connectivity index (χ1v) is 30.6. The maximum Gasteiger partial charge on any atom is 0.357 e. The van der Waals surface area contributed by atoms with Crippen LogP contribution in [0.15, 0.2) is 90.4 Å². The number of nitrogens with zero attached hydrogens (tertiary/aromatic N) is 5. The van der Waals surface area contributed by atoms with Crippen LogP contribution in [0.5, 0.6) is 5.75 Å². The van der Waals surface area contributed by atoms with E-state index in [1.165, 1.54) is 40.7 Å². The van der Waals surface area contributed by atoms with Gasteiger partial charge < -0.3 is 35.0 Å². The number of hydrogen-bond acceptors (Lipinski definition) is 15. The SMILES string of the molecule is COC(=O)c1nc(N2CCc3cccc(C(=O)Nc4nc5ccccc5s4)c3C2)sc1CCCOc1ccc(C#CCCCCCCC(=O)N[C@H](C(=O)N2C[C@H](O)C[C@H]2C(=O)N[C@@H](C)c2ccc(-c3scnc3C)cc2)C(C)(C)C)c(F)c1. The molecule has 0 spiro atoms. The molecule has 9 rings (SSSR count). The minimum Gasteiger partial charge on any atom is -0.493 e. The van der Waals surface area contributed by atoms with Gasteiger partial charge in [-0.1, -0.05) is 105 Å². The highest BCUT2D eigenvalue weighted by atomic mass is 32.1. The second kappa shape index (κ2) is 27.2. The zero-order valence-corrected chi connectivity index (χ0v) is 50.0. The second-order valence-corrected chi connectivity index (χ2v) is 25.0. The summed E-state index contributed by atoms with van der Waals surface area (Å²) in [6.07, 6.45) is 4.58. The molecule has 4 aromatic carbocycles. The number of esters is 1. The van der Waals surface area contributed by atoms with Gasteiger partial charge in [0.1, 0.15) is 23.7 Å². The van der Waals surface area contributed by atoms with Crippen molar-refractivity contribution in [2.45, 2.75) is 130 Å². The Morgan fingerprint density at radius 1 is 0.928 bits per heavy atom. The summed E-state index contributed by atoms with van der Waals surface area (Å²) in [5.41, 5.74) is 7.90. The molecule has 4 atom stereocenters. The number of aliphatic hydroxyl groups excluding tert-OH is 1. The van der Waals surface area contributed by atoms with Gasteiger partial charge in [0.25, 0.3) is 5.91 Å². The van der Waals surface area contributed by atoms with Gasteiger partial charge in [0.05, 0.1) is 57.7 Å². The van der Waals surface area contributed by atoms with Crippen LogP contribution in [0.3, 0.4) is 0 Å². The van der Waals surface area contributed by atoms with E-state index in [-0.39, 0.29) is 61.0 Å². The van der Waals surface area contributed by atoms with E-state index in [0.29, 0.717) is 66.8 Å². The number of para-hydroxylation sites is 1. The molecule has 83 heavy (non-hydrogen) atoms. The van der Waals surface area contributed by atoms with Crippen LogP contribution in [0.4, 0.5) is 14.7 Å². The molecule has 4 N–H and O–H groups in total. The maximum atomic E-state index is 15.2. The lowest BCUT2D eigenvalue weighted by atomic mass is 9.85. The molecule has 434 valence electrons. The molecule has 4 amide bonds. The summed E-state index contributed by atoms with van der Waals surface area (Å²) in [4.78, 5) is 86.7. The van der Waals surface area contributed by atoms with Crippen molar-refractivity contribution < 1.29 is 42.9 Å². The van der Waals surface area contributed by atoms with Gasteiger partial charge in [0, 0.05) is 55.4 Å². The van der Waals surface area contributed by atoms with Gasteiger partial charge in [-0.15, -0.1) is 22.7 Å². The molecular weight excluding hydrogens is 1110 g/mol. The van der Waals surface area contributed by atoms with Crippen LogP contribution in [0.1, 0.15) is 139 Å². The number of carbonyl (C=O) groups excluding carboxylic acids is 5. The van der Waals surface area contributed by atoms with Gasteiger partial charge in [-0.05, 0) is 104 Å². The Labute approximate surface area is 495 Å². The Balaban J connectivity index is 0.690. The molecule has 0 radical (unpaired) electrons. The second-order valence-electron chi connectivity index (χ2n) is 22.0. The minimum absolute atomic E-state index is 0.00980. The van der Waals surface area contributed by atoms with E-state index >= 15 is 4.39 Å². The monoisotopic (exact) mass is 1180 g/mol. The van der Waals surface area contributed by atoms with Crippen molar-refractivity contribution in [3.63, 3.8) is 0 Å². The summed E-state index contributed by atoms with van der Waals surface area (Å²) in [5, 5.41) is 20.8. The lowest BCUT2D eigenvalue weighted by molar-refractivity contribution is -0.144. The van der Waals surface area contributed by atoms with E-state index in [2.05, 4.69) is 42.7 Å². The highest BCUT2D eigenvalue weighted by Gasteiger charge is 2.45. The first-order chi connectivity index (χ1) is 39.9. The topological polar surface area (TPSA) is 205 Å². The summed E-state index contributed by atoms with van der Waals surface area (Å²) >= 11 is 4.40. The summed E-state index contributed by atoms with van der Waals surface area (Å²) < 4.78 is 27.2. The highest BCUT2D eigenvalue weighted by Crippen LogP contribution is 2.35. The lowest BCUT2D eigenvalue weighted by Crippen LogP contribution is -2.57. The predicted octanol–water partition coefficient (Wildman–Crippen LogP) is 11.0. The van der Waals surface area contributed by atoms with E-state index in [0.717, 1.165) is 67.2 Å². The van der Waals surface area contributed by atoms with Crippen LogP contribution in [-0.2, 0) is 38.5 Å². The number of rotatable bonds is 21. The molecule has 0 unspecified atom stereocenters. The zero-order valence-electron chi connectivity index (χ0n) is 47.5. The minimum atomic E-state index is -0.915. The fourth-order valence-corrected chi connectivity index (χ4v) is 13.1. The Bertz CT molecular complexity index is 3510. The number of amides is 4. The van der Waals surface area contributed by atoms with Crippen LogP contribution in [-0.4, -0.2) is 99.6 Å². The number of fused-ring (bicyclic) bond motifs is 2. The fraction of sp³-hybridized carbons (Fsp3) is 0.397. The third-order valence-electron chi connectivity index (χ3n) is 14.9. The molecule has 7 aromatic rings. The van der Waals surface area contributed by atoms with Gasteiger partial charge in [0.15, 0.2) is 16.0 Å². The molecule has 3 aromatic heterocycles. The summed E-state index contributed by atoms with van der Waals surface area (Å²) in [5.74, 6) is 4.03. The number of β-amino-alcohol motifs (C(OH)–C–C–N with tert-alkyl or cyclic N) is 1. The zero-order chi connectivity index (χ0) is 58.8. The van der Waals surface area contributed by atoms with Crippen molar-refractivity contribution in [1.29, 1.82) is 0 Å². The number of methoxy groups -OCH3 is 1. The number of aromatic nitrogens is 3. The third-order valence-corrected chi connectivity index (χ3v) is 18.0. The molecule has 1 fully saturated rings. The van der Waals surface area contributed by atoms with Crippen molar-refractivity contribution in [2.24, 2.45) is 5.41 Å². The number of halogens is 1. The molecule has 1 saturated heterocycles. The van der Waals surface area contributed by atoms with Crippen LogP contribution < -0.4 is 25.6 Å². The molecule has 5 heterocycles. The van der Waals surface area contributed by atoms with E-state index < -0.39 is 41.3 Å². The van der Waals surface area contributed by atoms with Crippen molar-refractivity contribution in [3.05, 3.63) is 140 Å². The Morgan fingerprint density at radius 3 is 2.47 bits per heavy atom. The molecule has 0 saturated carbocycles. The van der Waals surface area contributed by atoms with Crippen molar-refractivity contribution in [3.8, 4) is 28.0 Å². The van der Waals surface area contributed by atoms with E-state index in [1.54, 1.807) is 23.5 Å². The first kappa shape index (κ1) is 60.0. The molecule has 20 heteroatoms. The quantitative estimate of drug-likeness (QED) is 0.0301. The Kier molecular flexibility index (Phi) is 19.7. The van der Waals surface area contributed by atoms with Crippen molar-refractivity contribution in [2.75, 3.05) is 37.0 Å². The number of hydrogen-bond donors (Lipinski definition) is 4. The number of unbranched alkanes of at least 4 members (excludes halogenated alkanes) is 4. The number of thiazole rings is 3. The number of anilines is 2. The summed E-state index contributed by atoms with van der Waals surface area (Å²) in [6, 6.07) is 23.9. The van der Waals surface area contributed by atoms with Crippen LogP contribution in [0.25, 0.3) is 20.7 Å².